The normalized spacial score (nSPS) is 15.4. The number of fused-ring (bicyclic) bond motifs is 1. The molecule has 158 valence electrons. The van der Waals surface area contributed by atoms with Gasteiger partial charge in [0.05, 0.1) is 10.5 Å². The van der Waals surface area contributed by atoms with Crippen LogP contribution < -0.4 is 10.5 Å². The van der Waals surface area contributed by atoms with Gasteiger partial charge in [-0.15, -0.1) is 6.58 Å². The third-order valence-electron chi connectivity index (χ3n) is 4.73. The van der Waals surface area contributed by atoms with E-state index >= 15 is 0 Å². The summed E-state index contributed by atoms with van der Waals surface area (Å²) in [4.78, 5) is 35.2. The van der Waals surface area contributed by atoms with E-state index in [2.05, 4.69) is 25.3 Å². The van der Waals surface area contributed by atoms with Gasteiger partial charge in [-0.05, 0) is 37.5 Å². The van der Waals surface area contributed by atoms with E-state index < -0.39 is 0 Å². The van der Waals surface area contributed by atoms with Gasteiger partial charge in [-0.3, -0.25) is 18.9 Å². The zero-order chi connectivity index (χ0) is 21.8. The zero-order valence-electron chi connectivity index (χ0n) is 17.6. The Morgan fingerprint density at radius 2 is 1.93 bits per heavy atom. The highest BCUT2D eigenvalue weighted by molar-refractivity contribution is 8.26. The lowest BCUT2D eigenvalue weighted by Crippen LogP contribution is -2.31. The fraction of sp³-hybridized carbons (Fsp3) is 0.364. The topological polar surface area (TPSA) is 57.9 Å². The van der Waals surface area contributed by atoms with E-state index in [9.17, 15) is 9.59 Å². The highest BCUT2D eigenvalue weighted by atomic mass is 32.2. The van der Waals surface area contributed by atoms with Crippen molar-refractivity contribution in [1.82, 2.24) is 14.3 Å². The van der Waals surface area contributed by atoms with E-state index in [4.69, 9.17) is 17.2 Å². The molecule has 1 aliphatic rings. The predicted octanol–water partition coefficient (Wildman–Crippen LogP) is 4.02. The number of hydrogen-bond donors (Lipinski definition) is 0. The van der Waals surface area contributed by atoms with E-state index in [0.717, 1.165) is 31.5 Å². The van der Waals surface area contributed by atoms with Crippen LogP contribution in [0.4, 0.5) is 5.82 Å². The minimum absolute atomic E-state index is 0.190. The molecule has 0 radical (unpaired) electrons. The summed E-state index contributed by atoms with van der Waals surface area (Å²) in [7, 11) is 0. The number of pyridine rings is 1. The molecule has 6 nitrogen and oxygen atoms in total. The molecular formula is C22H26N4O2S2. The summed E-state index contributed by atoms with van der Waals surface area (Å²) in [6, 6.07) is 3.79. The number of nitrogens with zero attached hydrogens (tertiary/aromatic N) is 4. The molecule has 3 heterocycles. The highest BCUT2D eigenvalue weighted by Gasteiger charge is 2.32. The minimum atomic E-state index is -0.206. The zero-order valence-corrected chi connectivity index (χ0v) is 19.2. The van der Waals surface area contributed by atoms with E-state index in [1.54, 1.807) is 22.7 Å². The number of amides is 1. The SMILES string of the molecule is C=CCN1C(=O)/C(=C/c2c(N(CCC)CCC)nc3ccc(C)cn3c2=O)SC1=S. The van der Waals surface area contributed by atoms with Crippen LogP contribution in [0.5, 0.6) is 0 Å². The van der Waals surface area contributed by atoms with Crippen LogP contribution in [0.1, 0.15) is 37.8 Å². The lowest BCUT2D eigenvalue weighted by molar-refractivity contribution is -0.121. The highest BCUT2D eigenvalue weighted by Crippen LogP contribution is 2.33. The molecule has 0 aromatic carbocycles. The van der Waals surface area contributed by atoms with Crippen LogP contribution in [0, 0.1) is 6.92 Å². The van der Waals surface area contributed by atoms with Gasteiger partial charge in [-0.1, -0.05) is 50.0 Å². The Kier molecular flexibility index (Phi) is 7.10. The molecule has 8 heteroatoms. The number of aryl methyl sites for hydroxylation is 1. The van der Waals surface area contributed by atoms with Crippen molar-refractivity contribution in [1.29, 1.82) is 0 Å². The fourth-order valence-electron chi connectivity index (χ4n) is 3.40. The number of carbonyl (C=O) groups is 1. The van der Waals surface area contributed by atoms with Gasteiger partial charge in [0, 0.05) is 25.8 Å². The minimum Gasteiger partial charge on any atom is -0.356 e. The lowest BCUT2D eigenvalue weighted by Gasteiger charge is -2.24. The van der Waals surface area contributed by atoms with E-state index in [0.29, 0.717) is 32.8 Å². The van der Waals surface area contributed by atoms with Crippen molar-refractivity contribution in [2.24, 2.45) is 0 Å². The molecule has 1 fully saturated rings. The molecule has 0 bridgehead atoms. The van der Waals surface area contributed by atoms with Gasteiger partial charge in [0.1, 0.15) is 15.8 Å². The standard InChI is InChI=1S/C22H26N4O2S2/c1-5-10-24(11-6-2)19-16(13-17-21(28)25(12-7-3)22(29)30-17)20(27)26-14-15(4)8-9-18(26)23-19/h7-9,13-14H,3,5-6,10-12H2,1-2,4H3/b17-13-. The first-order valence-electron chi connectivity index (χ1n) is 10.1. The summed E-state index contributed by atoms with van der Waals surface area (Å²) >= 11 is 6.55. The molecule has 1 saturated heterocycles. The average molecular weight is 443 g/mol. The van der Waals surface area contributed by atoms with Crippen LogP contribution in [0.3, 0.4) is 0 Å². The summed E-state index contributed by atoms with van der Waals surface area (Å²) in [5, 5.41) is 0. The number of rotatable bonds is 8. The summed E-state index contributed by atoms with van der Waals surface area (Å²) in [6.07, 6.45) is 6.92. The van der Waals surface area contributed by atoms with Gasteiger partial charge in [0.2, 0.25) is 0 Å². The van der Waals surface area contributed by atoms with Crippen LogP contribution in [0.15, 0.2) is 40.7 Å². The molecule has 1 aliphatic heterocycles. The summed E-state index contributed by atoms with van der Waals surface area (Å²) in [5.41, 5.74) is 1.78. The van der Waals surface area contributed by atoms with E-state index in [1.165, 1.54) is 16.7 Å². The second-order valence-corrected chi connectivity index (χ2v) is 8.83. The molecule has 2 aromatic rings. The van der Waals surface area contributed by atoms with Crippen molar-refractivity contribution in [3.63, 3.8) is 0 Å². The predicted molar refractivity (Wildman–Crippen MR) is 129 cm³/mol. The Labute approximate surface area is 186 Å². The first kappa shape index (κ1) is 22.2. The Hall–Kier alpha value is -2.45. The van der Waals surface area contributed by atoms with Gasteiger partial charge in [0.15, 0.2) is 0 Å². The maximum absolute atomic E-state index is 13.5. The van der Waals surface area contributed by atoms with Gasteiger partial charge >= 0.3 is 0 Å². The van der Waals surface area contributed by atoms with Gasteiger partial charge in [-0.2, -0.15) is 0 Å². The summed E-state index contributed by atoms with van der Waals surface area (Å²) in [6.45, 7) is 11.7. The number of hydrogen-bond acceptors (Lipinski definition) is 6. The number of anilines is 1. The van der Waals surface area contributed by atoms with Gasteiger partial charge in [0.25, 0.3) is 11.5 Å². The van der Waals surface area contributed by atoms with E-state index in [-0.39, 0.29) is 11.5 Å². The summed E-state index contributed by atoms with van der Waals surface area (Å²) in [5.74, 6) is 0.406. The Morgan fingerprint density at radius 3 is 2.57 bits per heavy atom. The quantitative estimate of drug-likeness (QED) is 0.350. The van der Waals surface area contributed by atoms with Crippen LogP contribution in [0.25, 0.3) is 11.7 Å². The molecule has 0 N–H and O–H groups in total. The van der Waals surface area contributed by atoms with Crippen molar-refractivity contribution in [2.75, 3.05) is 24.5 Å². The van der Waals surface area contributed by atoms with Gasteiger partial charge in [-0.25, -0.2) is 4.98 Å². The number of aromatic nitrogens is 2. The van der Waals surface area contributed by atoms with Crippen LogP contribution in [-0.2, 0) is 4.79 Å². The van der Waals surface area contributed by atoms with Crippen molar-refractivity contribution in [3.05, 3.63) is 57.4 Å². The maximum Gasteiger partial charge on any atom is 0.267 e. The molecule has 0 unspecified atom stereocenters. The number of thioether (sulfide) groups is 1. The first-order valence-corrected chi connectivity index (χ1v) is 11.3. The fourth-order valence-corrected chi connectivity index (χ4v) is 4.65. The van der Waals surface area contributed by atoms with Crippen LogP contribution in [-0.4, -0.2) is 44.1 Å². The number of carbonyl (C=O) groups excluding carboxylic acids is 1. The van der Waals surface area contributed by atoms with Crippen molar-refractivity contribution < 1.29 is 4.79 Å². The van der Waals surface area contributed by atoms with Crippen molar-refractivity contribution in [2.45, 2.75) is 33.6 Å². The second kappa shape index (κ2) is 9.57. The molecule has 0 aliphatic carbocycles. The van der Waals surface area contributed by atoms with Crippen LogP contribution >= 0.6 is 24.0 Å². The molecule has 1 amide bonds. The largest absolute Gasteiger partial charge is 0.356 e. The maximum atomic E-state index is 13.5. The smallest absolute Gasteiger partial charge is 0.267 e. The van der Waals surface area contributed by atoms with Gasteiger partial charge < -0.3 is 4.90 Å². The number of thiocarbonyl (C=S) groups is 1. The average Bonchev–Trinajstić information content (AvgIpc) is 2.98. The second-order valence-electron chi connectivity index (χ2n) is 7.16. The molecule has 0 spiro atoms. The Bertz CT molecular complexity index is 1080. The molecule has 0 saturated carbocycles. The summed E-state index contributed by atoms with van der Waals surface area (Å²) < 4.78 is 2.02. The van der Waals surface area contributed by atoms with Crippen molar-refractivity contribution in [3.8, 4) is 0 Å². The third kappa shape index (κ3) is 4.34. The first-order chi connectivity index (χ1) is 14.4. The molecule has 30 heavy (non-hydrogen) atoms. The Morgan fingerprint density at radius 1 is 1.23 bits per heavy atom. The molecule has 3 rings (SSSR count). The lowest BCUT2D eigenvalue weighted by atomic mass is 10.2. The molecular weight excluding hydrogens is 416 g/mol. The van der Waals surface area contributed by atoms with E-state index in [1.807, 2.05) is 19.1 Å². The monoisotopic (exact) mass is 442 g/mol. The van der Waals surface area contributed by atoms with Crippen LogP contribution in [0.2, 0.25) is 0 Å². The molecule has 0 atom stereocenters. The molecule has 2 aromatic heterocycles. The third-order valence-corrected chi connectivity index (χ3v) is 6.11. The van der Waals surface area contributed by atoms with Crippen molar-refractivity contribution >= 4 is 51.7 Å². The Balaban J connectivity index is 2.23.